The molecule has 0 radical (unpaired) electrons. The van der Waals surface area contributed by atoms with E-state index in [0.717, 1.165) is 6.07 Å². The van der Waals surface area contributed by atoms with E-state index in [0.29, 0.717) is 12.1 Å². The SMILES string of the molecule is CC(C)CNCc1cc2c(c(C(F)(F)F)c1)CN(c1cccc(C3([C@H](F)c4nncn4C)CC(F)(F)C3)c1)C2=O. The minimum absolute atomic E-state index is 0.0612. The van der Waals surface area contributed by atoms with Crippen molar-refractivity contribution in [1.82, 2.24) is 20.1 Å². The van der Waals surface area contributed by atoms with Crippen LogP contribution in [0.1, 0.15) is 71.3 Å². The number of nitrogens with zero attached hydrogens (tertiary/aromatic N) is 4. The molecule has 0 spiro atoms. The maximum Gasteiger partial charge on any atom is 0.416 e. The lowest BCUT2D eigenvalue weighted by atomic mass is 9.59. The molecule has 1 aliphatic heterocycles. The Bertz CT molecular complexity index is 1420. The van der Waals surface area contributed by atoms with Crippen molar-refractivity contribution in [3.05, 3.63) is 76.4 Å². The number of aromatic nitrogens is 3. The van der Waals surface area contributed by atoms with E-state index in [2.05, 4.69) is 15.5 Å². The van der Waals surface area contributed by atoms with E-state index in [1.165, 1.54) is 53.2 Å². The second-order valence-electron chi connectivity index (χ2n) is 11.2. The number of fused-ring (bicyclic) bond motifs is 1. The molecular weight excluding hydrogens is 536 g/mol. The molecule has 0 unspecified atom stereocenters. The largest absolute Gasteiger partial charge is 0.416 e. The molecular formula is C28H29F6N5O. The molecule has 1 saturated carbocycles. The minimum Gasteiger partial charge on any atom is -0.318 e. The number of benzene rings is 2. The fraction of sp³-hybridized carbons (Fsp3) is 0.464. The van der Waals surface area contributed by atoms with Crippen molar-refractivity contribution < 1.29 is 31.1 Å². The Morgan fingerprint density at radius 2 is 1.85 bits per heavy atom. The molecule has 2 aliphatic rings. The van der Waals surface area contributed by atoms with Crippen molar-refractivity contribution >= 4 is 11.6 Å². The molecule has 2 aromatic carbocycles. The van der Waals surface area contributed by atoms with Gasteiger partial charge in [0.05, 0.1) is 12.1 Å². The summed E-state index contributed by atoms with van der Waals surface area (Å²) in [7, 11) is 1.51. The number of amides is 1. The maximum atomic E-state index is 15.9. The van der Waals surface area contributed by atoms with E-state index in [4.69, 9.17) is 0 Å². The highest BCUT2D eigenvalue weighted by atomic mass is 19.4. The molecule has 0 bridgehead atoms. The normalized spacial score (nSPS) is 18.6. The summed E-state index contributed by atoms with van der Waals surface area (Å²) in [6.45, 7) is 4.35. The average molecular weight is 566 g/mol. The first-order valence-corrected chi connectivity index (χ1v) is 12.9. The number of hydrogen-bond acceptors (Lipinski definition) is 4. The lowest BCUT2D eigenvalue weighted by Gasteiger charge is -2.49. The first-order valence-electron chi connectivity index (χ1n) is 12.9. The fourth-order valence-corrected chi connectivity index (χ4v) is 5.69. The zero-order valence-electron chi connectivity index (χ0n) is 22.2. The number of nitrogens with one attached hydrogen (secondary N) is 1. The van der Waals surface area contributed by atoms with Crippen molar-refractivity contribution in [1.29, 1.82) is 0 Å². The minimum atomic E-state index is -4.69. The summed E-state index contributed by atoms with van der Waals surface area (Å²) in [5.74, 6) is -3.56. The van der Waals surface area contributed by atoms with Gasteiger partial charge in [-0.05, 0) is 53.4 Å². The van der Waals surface area contributed by atoms with Crippen LogP contribution >= 0.6 is 0 Å². The summed E-state index contributed by atoms with van der Waals surface area (Å²) < 4.78 is 87.8. The van der Waals surface area contributed by atoms with Crippen LogP contribution in [0.2, 0.25) is 0 Å². The van der Waals surface area contributed by atoms with Gasteiger partial charge in [0.1, 0.15) is 6.33 Å². The lowest BCUT2D eigenvalue weighted by molar-refractivity contribution is -0.151. The number of carbonyl (C=O) groups excluding carboxylic acids is 1. The average Bonchev–Trinajstić information content (AvgIpc) is 3.43. The Morgan fingerprint density at radius 3 is 2.45 bits per heavy atom. The van der Waals surface area contributed by atoms with Crippen molar-refractivity contribution in [2.45, 2.75) is 63.5 Å². The smallest absolute Gasteiger partial charge is 0.318 e. The van der Waals surface area contributed by atoms with Gasteiger partial charge < -0.3 is 14.8 Å². The van der Waals surface area contributed by atoms with Crippen molar-refractivity contribution in [2.75, 3.05) is 11.4 Å². The monoisotopic (exact) mass is 565 g/mol. The summed E-state index contributed by atoms with van der Waals surface area (Å²) in [6.07, 6.45) is -6.89. The molecule has 6 nitrogen and oxygen atoms in total. The molecule has 1 atom stereocenters. The molecule has 5 rings (SSSR count). The van der Waals surface area contributed by atoms with Gasteiger partial charge in [0.15, 0.2) is 12.0 Å². The summed E-state index contributed by atoms with van der Waals surface area (Å²) in [5.41, 5.74) is -2.00. The number of rotatable bonds is 8. The van der Waals surface area contributed by atoms with E-state index in [9.17, 15) is 26.7 Å². The van der Waals surface area contributed by atoms with Crippen LogP contribution in [0.5, 0.6) is 0 Å². The molecule has 1 aromatic heterocycles. The number of aryl methyl sites for hydroxylation is 1. The second-order valence-corrected chi connectivity index (χ2v) is 11.2. The van der Waals surface area contributed by atoms with Gasteiger partial charge in [-0.1, -0.05) is 26.0 Å². The van der Waals surface area contributed by atoms with Crippen LogP contribution < -0.4 is 10.2 Å². The van der Waals surface area contributed by atoms with Gasteiger partial charge >= 0.3 is 6.18 Å². The quantitative estimate of drug-likeness (QED) is 0.335. The molecule has 1 amide bonds. The van der Waals surface area contributed by atoms with Gasteiger partial charge in [0.25, 0.3) is 5.91 Å². The summed E-state index contributed by atoms with van der Waals surface area (Å²) in [6, 6.07) is 8.43. The zero-order valence-corrected chi connectivity index (χ0v) is 22.2. The highest BCUT2D eigenvalue weighted by molar-refractivity contribution is 6.10. The Labute approximate surface area is 227 Å². The molecule has 1 fully saturated rings. The second kappa shape index (κ2) is 9.90. The summed E-state index contributed by atoms with van der Waals surface area (Å²) >= 11 is 0. The van der Waals surface area contributed by atoms with Gasteiger partial charge in [-0.3, -0.25) is 4.79 Å². The number of halogens is 6. The van der Waals surface area contributed by atoms with Crippen LogP contribution in [-0.4, -0.2) is 33.1 Å². The van der Waals surface area contributed by atoms with Gasteiger partial charge in [-0.2, -0.15) is 13.2 Å². The van der Waals surface area contributed by atoms with Crippen LogP contribution in [0.4, 0.5) is 32.0 Å². The van der Waals surface area contributed by atoms with Gasteiger partial charge in [0, 0.05) is 43.1 Å². The third kappa shape index (κ3) is 4.97. The zero-order chi connectivity index (χ0) is 29.0. The number of hydrogen-bond donors (Lipinski definition) is 1. The lowest BCUT2D eigenvalue weighted by Crippen LogP contribution is -2.52. The van der Waals surface area contributed by atoms with Crippen molar-refractivity contribution in [2.24, 2.45) is 13.0 Å². The van der Waals surface area contributed by atoms with Crippen LogP contribution in [0.15, 0.2) is 42.7 Å². The standard InChI is InChI=1S/C28H29F6N5O/c1-16(2)10-35-11-17-7-20-21(22(8-17)28(32,33)34)12-39(25(20)40)19-6-4-5-18(9-19)26(13-27(30,31)14-26)23(29)24-37-36-15-38(24)3/h4-9,15-16,23,35H,10-14H2,1-3H3/t23-/m1/s1. The van der Waals surface area contributed by atoms with Crippen LogP contribution in [0.25, 0.3) is 0 Å². The van der Waals surface area contributed by atoms with Gasteiger partial charge in [-0.25, -0.2) is 13.2 Å². The van der Waals surface area contributed by atoms with Crippen LogP contribution in [-0.2, 0) is 31.7 Å². The summed E-state index contributed by atoms with van der Waals surface area (Å²) in [4.78, 5) is 14.6. The predicted octanol–water partition coefficient (Wildman–Crippen LogP) is 6.12. The highest BCUT2D eigenvalue weighted by Gasteiger charge is 2.62. The fourth-order valence-electron chi connectivity index (χ4n) is 5.69. The molecule has 1 N–H and O–H groups in total. The Morgan fingerprint density at radius 1 is 1.12 bits per heavy atom. The van der Waals surface area contributed by atoms with Crippen LogP contribution in [0, 0.1) is 5.92 Å². The molecule has 3 aromatic rings. The molecule has 1 aliphatic carbocycles. The first-order chi connectivity index (χ1) is 18.7. The predicted molar refractivity (Wildman–Crippen MR) is 136 cm³/mol. The van der Waals surface area contributed by atoms with Crippen LogP contribution in [0.3, 0.4) is 0 Å². The molecule has 214 valence electrons. The Hall–Kier alpha value is -3.41. The first kappa shape index (κ1) is 28.1. The Balaban J connectivity index is 1.50. The van der Waals surface area contributed by atoms with E-state index in [1.807, 2.05) is 13.8 Å². The highest BCUT2D eigenvalue weighted by Crippen LogP contribution is 2.60. The molecule has 2 heterocycles. The number of carbonyl (C=O) groups is 1. The van der Waals surface area contributed by atoms with Crippen molar-refractivity contribution in [3.63, 3.8) is 0 Å². The van der Waals surface area contributed by atoms with E-state index < -0.39 is 48.0 Å². The maximum absolute atomic E-state index is 15.9. The number of anilines is 1. The van der Waals surface area contributed by atoms with Gasteiger partial charge in [0.2, 0.25) is 5.92 Å². The number of alkyl halides is 6. The van der Waals surface area contributed by atoms with E-state index >= 15 is 4.39 Å². The molecule has 0 saturated heterocycles. The Kier molecular flexibility index (Phi) is 6.96. The molecule has 40 heavy (non-hydrogen) atoms. The third-order valence-electron chi connectivity index (χ3n) is 7.63. The summed E-state index contributed by atoms with van der Waals surface area (Å²) in [5, 5.41) is 10.5. The van der Waals surface area contributed by atoms with Crippen molar-refractivity contribution in [3.8, 4) is 0 Å². The van der Waals surface area contributed by atoms with E-state index in [1.54, 1.807) is 0 Å². The third-order valence-corrected chi connectivity index (χ3v) is 7.63. The van der Waals surface area contributed by atoms with E-state index in [-0.39, 0.29) is 47.2 Å². The van der Waals surface area contributed by atoms with Gasteiger partial charge in [-0.15, -0.1) is 10.2 Å². The topological polar surface area (TPSA) is 63.0 Å². The molecule has 12 heteroatoms.